The van der Waals surface area contributed by atoms with Gasteiger partial charge < -0.3 is 18.3 Å². The van der Waals surface area contributed by atoms with E-state index in [4.69, 9.17) is 22.8 Å². The average Bonchev–Trinajstić information content (AvgIpc) is 2.86. The minimum atomic E-state index is -3.36. The summed E-state index contributed by atoms with van der Waals surface area (Å²) >= 11 is 0. The Bertz CT molecular complexity index is 981. The number of hydrogen-bond acceptors (Lipinski definition) is 5. The van der Waals surface area contributed by atoms with Crippen molar-refractivity contribution in [2.45, 2.75) is 24.9 Å². The molecule has 5 rings (SSSR count). The van der Waals surface area contributed by atoms with Crippen molar-refractivity contribution in [1.82, 2.24) is 0 Å². The van der Waals surface area contributed by atoms with E-state index in [1.165, 1.54) is 0 Å². The molecule has 6 heteroatoms. The van der Waals surface area contributed by atoms with Crippen molar-refractivity contribution in [1.29, 1.82) is 0 Å². The molecule has 0 spiro atoms. The highest BCUT2D eigenvalue weighted by Gasteiger charge is 2.59. The van der Waals surface area contributed by atoms with Crippen molar-refractivity contribution in [2.24, 2.45) is 0 Å². The molecule has 1 saturated heterocycles. The molecule has 0 atom stereocenters. The molecule has 0 amide bonds. The molecule has 0 bridgehead atoms. The Kier molecular flexibility index (Phi) is 6.51. The van der Waals surface area contributed by atoms with E-state index in [-0.39, 0.29) is 0 Å². The molecule has 0 radical (unpaired) electrons. The smallest absolute Gasteiger partial charge is 0.492 e. The highest BCUT2D eigenvalue weighted by atomic mass is 28.4. The van der Waals surface area contributed by atoms with Crippen LogP contribution in [0.5, 0.6) is 23.0 Å². The molecule has 0 aliphatic carbocycles. The van der Waals surface area contributed by atoms with Gasteiger partial charge in [0.1, 0.15) is 23.0 Å². The molecule has 0 N–H and O–H groups in total. The predicted molar refractivity (Wildman–Crippen MR) is 132 cm³/mol. The molecule has 1 heterocycles. The maximum Gasteiger partial charge on any atom is 0.637 e. The van der Waals surface area contributed by atoms with Gasteiger partial charge in [-0.05, 0) is 55.0 Å². The lowest BCUT2D eigenvalue weighted by Crippen LogP contribution is -2.64. The van der Waals surface area contributed by atoms with Crippen LogP contribution in [0.15, 0.2) is 121 Å². The molecule has 0 unspecified atom stereocenters. The summed E-state index contributed by atoms with van der Waals surface area (Å²) < 4.78 is 32.6. The van der Waals surface area contributed by atoms with Crippen LogP contribution in [0.3, 0.4) is 0 Å². The first-order valence-corrected chi connectivity index (χ1v) is 13.3. The van der Waals surface area contributed by atoms with Crippen molar-refractivity contribution in [2.75, 3.05) is 0 Å². The molecular formula is C28H26O5Si. The standard InChI is InChI=1S/C28H26O5Si/c1-5-14-24(15-6-1)29-28(30-25-16-7-2-8-17-25)22-13-23-34(33-28,31-26-18-9-3-10-19-26)32-27-20-11-4-12-21-27/h1-12,14-21H,13,22-23H2. The highest BCUT2D eigenvalue weighted by Crippen LogP contribution is 2.39. The Morgan fingerprint density at radius 2 is 0.912 bits per heavy atom. The van der Waals surface area contributed by atoms with Crippen LogP contribution in [0.25, 0.3) is 0 Å². The monoisotopic (exact) mass is 470 g/mol. The van der Waals surface area contributed by atoms with Gasteiger partial charge in [0.05, 0.1) is 6.42 Å². The van der Waals surface area contributed by atoms with Crippen LogP contribution in [0, 0.1) is 0 Å². The molecular weight excluding hydrogens is 444 g/mol. The molecule has 5 nitrogen and oxygen atoms in total. The minimum Gasteiger partial charge on any atom is -0.492 e. The lowest BCUT2D eigenvalue weighted by atomic mass is 10.2. The van der Waals surface area contributed by atoms with Crippen molar-refractivity contribution in [3.63, 3.8) is 0 Å². The number of para-hydroxylation sites is 4. The van der Waals surface area contributed by atoms with Gasteiger partial charge in [-0.2, -0.15) is 0 Å². The maximum atomic E-state index is 6.73. The molecule has 34 heavy (non-hydrogen) atoms. The second-order valence-electron chi connectivity index (χ2n) is 7.98. The third-order valence-corrected chi connectivity index (χ3v) is 8.02. The fourth-order valence-electron chi connectivity index (χ4n) is 3.86. The van der Waals surface area contributed by atoms with Gasteiger partial charge in [0.25, 0.3) is 0 Å². The normalized spacial score (nSPS) is 16.2. The van der Waals surface area contributed by atoms with Crippen LogP contribution in [0.1, 0.15) is 12.8 Å². The minimum absolute atomic E-state index is 0.516. The van der Waals surface area contributed by atoms with E-state index in [0.29, 0.717) is 35.5 Å². The summed E-state index contributed by atoms with van der Waals surface area (Å²) in [5, 5.41) is 0. The van der Waals surface area contributed by atoms with Crippen LogP contribution in [-0.4, -0.2) is 14.8 Å². The quantitative estimate of drug-likeness (QED) is 0.212. The Hall–Kier alpha value is -3.74. The Labute approximate surface area is 200 Å². The largest absolute Gasteiger partial charge is 0.637 e. The lowest BCUT2D eigenvalue weighted by molar-refractivity contribution is -0.281. The average molecular weight is 471 g/mol. The van der Waals surface area contributed by atoms with E-state index >= 15 is 0 Å². The van der Waals surface area contributed by atoms with E-state index in [1.54, 1.807) is 0 Å². The van der Waals surface area contributed by atoms with Gasteiger partial charge in [-0.3, -0.25) is 4.43 Å². The summed E-state index contributed by atoms with van der Waals surface area (Å²) in [5.41, 5.74) is 0. The summed E-state index contributed by atoms with van der Waals surface area (Å²) in [7, 11) is -3.36. The third-order valence-electron chi connectivity index (χ3n) is 5.34. The van der Waals surface area contributed by atoms with Gasteiger partial charge in [0, 0.05) is 6.04 Å². The molecule has 0 saturated carbocycles. The van der Waals surface area contributed by atoms with Gasteiger partial charge in [-0.15, -0.1) is 0 Å². The second kappa shape index (κ2) is 10.0. The highest BCUT2D eigenvalue weighted by molar-refractivity contribution is 6.62. The number of hydrogen-bond donors (Lipinski definition) is 0. The van der Waals surface area contributed by atoms with Gasteiger partial charge >= 0.3 is 14.8 Å². The van der Waals surface area contributed by atoms with Gasteiger partial charge in [0.15, 0.2) is 0 Å². The summed E-state index contributed by atoms with van der Waals surface area (Å²) in [4.78, 5) is 0. The predicted octanol–water partition coefficient (Wildman–Crippen LogP) is 6.71. The van der Waals surface area contributed by atoms with E-state index in [2.05, 4.69) is 0 Å². The Morgan fingerprint density at radius 3 is 1.32 bits per heavy atom. The van der Waals surface area contributed by atoms with E-state index < -0.39 is 14.8 Å². The fraction of sp³-hybridized carbons (Fsp3) is 0.143. The van der Waals surface area contributed by atoms with Gasteiger partial charge in [-0.1, -0.05) is 72.8 Å². The van der Waals surface area contributed by atoms with E-state index in [0.717, 1.165) is 6.42 Å². The van der Waals surface area contributed by atoms with E-state index in [1.807, 2.05) is 121 Å². The Morgan fingerprint density at radius 1 is 0.529 bits per heavy atom. The molecule has 172 valence electrons. The number of benzene rings is 4. The third kappa shape index (κ3) is 5.42. The molecule has 1 aliphatic rings. The zero-order valence-electron chi connectivity index (χ0n) is 18.7. The lowest BCUT2D eigenvalue weighted by Gasteiger charge is -2.43. The molecule has 4 aromatic carbocycles. The van der Waals surface area contributed by atoms with Crippen LogP contribution in [0.4, 0.5) is 0 Å². The zero-order valence-corrected chi connectivity index (χ0v) is 19.7. The summed E-state index contributed by atoms with van der Waals surface area (Å²) in [6, 6.07) is 38.9. The zero-order chi connectivity index (χ0) is 23.1. The Balaban J connectivity index is 1.52. The fourth-order valence-corrected chi connectivity index (χ4v) is 6.55. The number of rotatable bonds is 8. The number of ether oxygens (including phenoxy) is 2. The van der Waals surface area contributed by atoms with Gasteiger partial charge in [0.2, 0.25) is 0 Å². The van der Waals surface area contributed by atoms with Crippen LogP contribution in [-0.2, 0) is 4.43 Å². The van der Waals surface area contributed by atoms with Crippen molar-refractivity contribution < 1.29 is 22.8 Å². The first-order chi connectivity index (χ1) is 16.7. The van der Waals surface area contributed by atoms with E-state index in [9.17, 15) is 0 Å². The van der Waals surface area contributed by atoms with Crippen molar-refractivity contribution in [3.05, 3.63) is 121 Å². The molecule has 4 aromatic rings. The van der Waals surface area contributed by atoms with Crippen LogP contribution in [0.2, 0.25) is 6.04 Å². The van der Waals surface area contributed by atoms with Gasteiger partial charge in [-0.25, -0.2) is 0 Å². The SMILES string of the molecule is c1ccc(OC2(Oc3ccccc3)CCC[Si](Oc3ccccc3)(Oc3ccccc3)O2)cc1. The summed E-state index contributed by atoms with van der Waals surface area (Å²) in [6.45, 7) is 0. The topological polar surface area (TPSA) is 46.2 Å². The molecule has 0 aromatic heterocycles. The maximum absolute atomic E-state index is 6.73. The first kappa shape index (κ1) is 22.1. The molecule has 1 fully saturated rings. The summed E-state index contributed by atoms with van der Waals surface area (Å²) in [5.74, 6) is 1.24. The van der Waals surface area contributed by atoms with Crippen LogP contribution < -0.4 is 18.3 Å². The summed E-state index contributed by atoms with van der Waals surface area (Å²) in [6.07, 6.45) is 1.26. The second-order valence-corrected chi connectivity index (χ2v) is 10.5. The molecule has 1 aliphatic heterocycles. The first-order valence-electron chi connectivity index (χ1n) is 11.4. The van der Waals surface area contributed by atoms with Crippen LogP contribution >= 0.6 is 0 Å². The van der Waals surface area contributed by atoms with Crippen molar-refractivity contribution in [3.8, 4) is 23.0 Å². The van der Waals surface area contributed by atoms with Crippen molar-refractivity contribution >= 4 is 8.80 Å².